The van der Waals surface area contributed by atoms with Crippen LogP contribution in [-0.2, 0) is 0 Å². The zero-order valence-electron chi connectivity index (χ0n) is 9.39. The Kier molecular flexibility index (Phi) is 2.96. The molecular weight excluding hydrogens is 170 g/mol. The monoisotopic (exact) mass is 193 g/mol. The van der Waals surface area contributed by atoms with E-state index in [1.54, 1.807) is 0 Å². The third-order valence-corrected chi connectivity index (χ3v) is 4.49. The highest BCUT2D eigenvalue weighted by atomic mass is 14.9. The Bertz CT molecular complexity index is 195. The lowest BCUT2D eigenvalue weighted by molar-refractivity contribution is 0.141. The van der Waals surface area contributed by atoms with Crippen LogP contribution in [0.5, 0.6) is 0 Å². The van der Waals surface area contributed by atoms with E-state index >= 15 is 0 Å². The molecule has 1 aliphatic heterocycles. The minimum Gasteiger partial charge on any atom is -0.316 e. The second kappa shape index (κ2) is 4.06. The van der Waals surface area contributed by atoms with E-state index in [2.05, 4.69) is 24.9 Å². The summed E-state index contributed by atoms with van der Waals surface area (Å²) in [5.41, 5.74) is 0.482. The summed E-state index contributed by atoms with van der Waals surface area (Å²) in [4.78, 5) is 0. The lowest BCUT2D eigenvalue weighted by atomic mass is 9.63. The molecule has 1 saturated carbocycles. The zero-order chi connectivity index (χ0) is 10.0. The molecule has 80 valence electrons. The Labute approximate surface area is 88.0 Å². The first kappa shape index (κ1) is 10.2. The molecule has 1 unspecified atom stereocenters. The third-order valence-electron chi connectivity index (χ3n) is 4.49. The van der Waals surface area contributed by atoms with Crippen LogP contribution in [0.1, 0.15) is 39.0 Å². The molecule has 0 aromatic heterocycles. The van der Waals surface area contributed by atoms with Gasteiger partial charge >= 0.3 is 0 Å². The van der Waals surface area contributed by atoms with Gasteiger partial charge in [0.25, 0.3) is 0 Å². The van der Waals surface area contributed by atoms with E-state index in [4.69, 9.17) is 0 Å². The summed E-state index contributed by atoms with van der Waals surface area (Å²) in [5.74, 6) is 1.81. The van der Waals surface area contributed by atoms with Crippen molar-refractivity contribution in [3.63, 3.8) is 0 Å². The van der Waals surface area contributed by atoms with Gasteiger partial charge in [0.2, 0.25) is 0 Å². The predicted molar refractivity (Wildman–Crippen MR) is 61.2 cm³/mol. The molecule has 1 heterocycles. The maximum atomic E-state index is 4.10. The van der Waals surface area contributed by atoms with E-state index in [1.807, 2.05) is 0 Å². The lowest BCUT2D eigenvalue weighted by Gasteiger charge is -2.41. The largest absolute Gasteiger partial charge is 0.316 e. The third kappa shape index (κ3) is 1.75. The average Bonchev–Trinajstić information content (AvgIpc) is 2.73. The summed E-state index contributed by atoms with van der Waals surface area (Å²) in [6, 6.07) is 0. The van der Waals surface area contributed by atoms with Crippen molar-refractivity contribution in [3.8, 4) is 0 Å². The predicted octanol–water partition coefficient (Wildman–Crippen LogP) is 2.98. The molecule has 2 fully saturated rings. The standard InChI is InChI=1S/C13H23N/c1-3-13(12-6-9-14-10-12)7-4-11(2)5-8-13/h3,11-12,14H,1,4-10H2,2H3. The van der Waals surface area contributed by atoms with Gasteiger partial charge in [-0.25, -0.2) is 0 Å². The first-order chi connectivity index (χ1) is 6.77. The minimum atomic E-state index is 0.482. The van der Waals surface area contributed by atoms with Crippen molar-refractivity contribution in [2.75, 3.05) is 13.1 Å². The number of allylic oxidation sites excluding steroid dienone is 1. The van der Waals surface area contributed by atoms with Crippen molar-refractivity contribution in [1.29, 1.82) is 0 Å². The highest BCUT2D eigenvalue weighted by Crippen LogP contribution is 2.47. The van der Waals surface area contributed by atoms with Crippen LogP contribution >= 0.6 is 0 Å². The Balaban J connectivity index is 2.05. The van der Waals surface area contributed by atoms with Gasteiger partial charge in [-0.3, -0.25) is 0 Å². The van der Waals surface area contributed by atoms with Crippen LogP contribution in [0, 0.1) is 17.3 Å². The number of nitrogens with one attached hydrogen (secondary N) is 1. The van der Waals surface area contributed by atoms with Gasteiger partial charge in [0.15, 0.2) is 0 Å². The molecular formula is C13H23N. The van der Waals surface area contributed by atoms with Gasteiger partial charge in [0.1, 0.15) is 0 Å². The van der Waals surface area contributed by atoms with Crippen LogP contribution in [0.15, 0.2) is 12.7 Å². The van der Waals surface area contributed by atoms with Crippen LogP contribution in [-0.4, -0.2) is 13.1 Å². The van der Waals surface area contributed by atoms with Crippen LogP contribution in [0.4, 0.5) is 0 Å². The quantitative estimate of drug-likeness (QED) is 0.665. The molecule has 0 amide bonds. The molecule has 0 aromatic carbocycles. The Morgan fingerprint density at radius 1 is 1.29 bits per heavy atom. The second-order valence-electron chi connectivity index (χ2n) is 5.31. The summed E-state index contributed by atoms with van der Waals surface area (Å²) in [6.45, 7) is 8.93. The van der Waals surface area contributed by atoms with Crippen molar-refractivity contribution in [2.24, 2.45) is 17.3 Å². The van der Waals surface area contributed by atoms with Gasteiger partial charge in [-0.15, -0.1) is 6.58 Å². The highest BCUT2D eigenvalue weighted by Gasteiger charge is 2.39. The molecule has 14 heavy (non-hydrogen) atoms. The molecule has 1 N–H and O–H groups in total. The van der Waals surface area contributed by atoms with Crippen LogP contribution in [0.25, 0.3) is 0 Å². The minimum absolute atomic E-state index is 0.482. The van der Waals surface area contributed by atoms with Crippen molar-refractivity contribution < 1.29 is 0 Å². The van der Waals surface area contributed by atoms with Crippen LogP contribution in [0.3, 0.4) is 0 Å². The number of rotatable bonds is 2. The molecule has 1 saturated heterocycles. The zero-order valence-corrected chi connectivity index (χ0v) is 9.39. The van der Waals surface area contributed by atoms with Gasteiger partial charge in [0.05, 0.1) is 0 Å². The van der Waals surface area contributed by atoms with E-state index in [0.29, 0.717) is 5.41 Å². The van der Waals surface area contributed by atoms with E-state index in [-0.39, 0.29) is 0 Å². The Morgan fingerprint density at radius 2 is 2.00 bits per heavy atom. The fourth-order valence-electron chi connectivity index (χ4n) is 3.22. The first-order valence-corrected chi connectivity index (χ1v) is 6.11. The smallest absolute Gasteiger partial charge is 0.00117 e. The summed E-state index contributed by atoms with van der Waals surface area (Å²) in [5, 5.41) is 3.49. The van der Waals surface area contributed by atoms with E-state index in [0.717, 1.165) is 11.8 Å². The summed E-state index contributed by atoms with van der Waals surface area (Å²) >= 11 is 0. The van der Waals surface area contributed by atoms with Crippen molar-refractivity contribution in [3.05, 3.63) is 12.7 Å². The normalized spacial score (nSPS) is 43.8. The Morgan fingerprint density at radius 3 is 2.50 bits per heavy atom. The lowest BCUT2D eigenvalue weighted by Crippen LogP contribution is -2.34. The molecule has 0 spiro atoms. The molecule has 1 heteroatoms. The summed E-state index contributed by atoms with van der Waals surface area (Å²) < 4.78 is 0. The summed E-state index contributed by atoms with van der Waals surface area (Å²) in [7, 11) is 0. The van der Waals surface area contributed by atoms with Gasteiger partial charge in [0, 0.05) is 0 Å². The first-order valence-electron chi connectivity index (χ1n) is 6.11. The molecule has 0 aromatic rings. The highest BCUT2D eigenvalue weighted by molar-refractivity contribution is 5.03. The van der Waals surface area contributed by atoms with Gasteiger partial charge < -0.3 is 5.32 Å². The van der Waals surface area contributed by atoms with Crippen molar-refractivity contribution in [1.82, 2.24) is 5.32 Å². The fourth-order valence-corrected chi connectivity index (χ4v) is 3.22. The van der Waals surface area contributed by atoms with Crippen molar-refractivity contribution >= 4 is 0 Å². The Hall–Kier alpha value is -0.300. The van der Waals surface area contributed by atoms with Gasteiger partial charge in [-0.05, 0) is 62.4 Å². The van der Waals surface area contributed by atoms with E-state index in [1.165, 1.54) is 45.2 Å². The fraction of sp³-hybridized carbons (Fsp3) is 0.846. The molecule has 1 atom stereocenters. The molecule has 2 aliphatic rings. The number of hydrogen-bond acceptors (Lipinski definition) is 1. The van der Waals surface area contributed by atoms with Gasteiger partial charge in [-0.1, -0.05) is 13.0 Å². The van der Waals surface area contributed by atoms with Crippen LogP contribution < -0.4 is 5.32 Å². The van der Waals surface area contributed by atoms with E-state index in [9.17, 15) is 0 Å². The molecule has 1 aliphatic carbocycles. The molecule has 1 nitrogen and oxygen atoms in total. The van der Waals surface area contributed by atoms with E-state index < -0.39 is 0 Å². The molecule has 0 bridgehead atoms. The maximum Gasteiger partial charge on any atom is -0.00117 e. The number of hydrogen-bond donors (Lipinski definition) is 1. The molecule has 0 radical (unpaired) electrons. The second-order valence-corrected chi connectivity index (χ2v) is 5.31. The maximum absolute atomic E-state index is 4.10. The SMILES string of the molecule is C=CC1(C2CCNC2)CCC(C)CC1. The van der Waals surface area contributed by atoms with Crippen LogP contribution in [0.2, 0.25) is 0 Å². The van der Waals surface area contributed by atoms with Gasteiger partial charge in [-0.2, -0.15) is 0 Å². The van der Waals surface area contributed by atoms with Crippen molar-refractivity contribution in [2.45, 2.75) is 39.0 Å². The summed E-state index contributed by atoms with van der Waals surface area (Å²) in [6.07, 6.45) is 9.20. The topological polar surface area (TPSA) is 12.0 Å². The molecule has 2 rings (SSSR count). The average molecular weight is 193 g/mol.